The van der Waals surface area contributed by atoms with Gasteiger partial charge in [-0.3, -0.25) is 4.79 Å². The first-order valence-corrected chi connectivity index (χ1v) is 16.2. The van der Waals surface area contributed by atoms with E-state index in [1.54, 1.807) is 46.4 Å². The van der Waals surface area contributed by atoms with Gasteiger partial charge in [-0.25, -0.2) is 27.4 Å². The molecular formula is C29H39FN6O7S. The van der Waals surface area contributed by atoms with Gasteiger partial charge in [0.2, 0.25) is 15.7 Å². The van der Waals surface area contributed by atoms with Crippen LogP contribution in [0.1, 0.15) is 64.7 Å². The van der Waals surface area contributed by atoms with Crippen molar-refractivity contribution in [2.24, 2.45) is 0 Å². The number of ether oxygens (including phenoxy) is 2. The number of amides is 4. The van der Waals surface area contributed by atoms with Crippen molar-refractivity contribution in [2.75, 3.05) is 37.8 Å². The molecule has 2 N–H and O–H groups in total. The lowest BCUT2D eigenvalue weighted by atomic mass is 10.0. The highest BCUT2D eigenvalue weighted by molar-refractivity contribution is 7.90. The summed E-state index contributed by atoms with van der Waals surface area (Å²) in [6, 6.07) is 2.79. The minimum atomic E-state index is -3.98. The molecule has 2 aromatic rings. The Morgan fingerprint density at radius 1 is 1.23 bits per heavy atom. The number of anilines is 1. The molecule has 44 heavy (non-hydrogen) atoms. The Hall–Kier alpha value is -4.01. The molecule has 0 bridgehead atoms. The summed E-state index contributed by atoms with van der Waals surface area (Å²) in [6.07, 6.45) is 1.81. The molecule has 2 aliphatic rings. The maximum absolute atomic E-state index is 15.2. The highest BCUT2D eigenvalue weighted by atomic mass is 32.2. The van der Waals surface area contributed by atoms with Gasteiger partial charge in [0.1, 0.15) is 22.6 Å². The number of nitrogens with one attached hydrogen (secondary N) is 2. The number of halogens is 1. The van der Waals surface area contributed by atoms with Crippen LogP contribution < -0.4 is 15.4 Å². The largest absolute Gasteiger partial charge is 0.469 e. The summed E-state index contributed by atoms with van der Waals surface area (Å²) in [5.74, 6) is -1.66. The molecule has 1 aromatic heterocycles. The number of aromatic nitrogens is 2. The molecular weight excluding hydrogens is 595 g/mol. The van der Waals surface area contributed by atoms with Crippen LogP contribution in [-0.4, -0.2) is 95.9 Å². The molecule has 0 aliphatic carbocycles. The van der Waals surface area contributed by atoms with E-state index < -0.39 is 50.0 Å². The van der Waals surface area contributed by atoms with Crippen LogP contribution in [-0.2, 0) is 14.6 Å². The molecule has 1 aromatic carbocycles. The number of likely N-dealkylation sites (tertiary alicyclic amines) is 1. The van der Waals surface area contributed by atoms with Crippen molar-refractivity contribution < 1.29 is 36.7 Å². The van der Waals surface area contributed by atoms with Gasteiger partial charge in [0, 0.05) is 31.5 Å². The first-order chi connectivity index (χ1) is 20.4. The van der Waals surface area contributed by atoms with Crippen molar-refractivity contribution in [3.63, 3.8) is 0 Å². The van der Waals surface area contributed by atoms with Gasteiger partial charge in [-0.1, -0.05) is 6.07 Å². The average Bonchev–Trinajstić information content (AvgIpc) is 3.32. The topological polar surface area (TPSA) is 160 Å². The molecule has 0 saturated carbocycles. The maximum atomic E-state index is 15.2. The number of benzene rings is 1. The van der Waals surface area contributed by atoms with E-state index in [-0.39, 0.29) is 47.5 Å². The molecule has 1 saturated heterocycles. The highest BCUT2D eigenvalue weighted by Crippen LogP contribution is 2.37. The first-order valence-electron chi connectivity index (χ1n) is 14.3. The van der Waals surface area contributed by atoms with Gasteiger partial charge in [-0.15, -0.1) is 0 Å². The highest BCUT2D eigenvalue weighted by Gasteiger charge is 2.41. The zero-order chi connectivity index (χ0) is 32.6. The molecule has 0 spiro atoms. The molecule has 4 amide bonds. The molecule has 13 nitrogen and oxygen atoms in total. The first kappa shape index (κ1) is 32.9. The van der Waals surface area contributed by atoms with Crippen LogP contribution in [0, 0.1) is 5.82 Å². The Bertz CT molecular complexity index is 1570. The summed E-state index contributed by atoms with van der Waals surface area (Å²) in [6.45, 7) is 11.5. The van der Waals surface area contributed by atoms with Crippen LogP contribution in [0.15, 0.2) is 23.4 Å². The Morgan fingerprint density at radius 2 is 1.93 bits per heavy atom. The third kappa shape index (κ3) is 7.55. The number of urea groups is 1. The standard InChI is InChI=1S/C29H39FN6O7S/c1-8-31-25(38)32-20-12-11-17(14-19(20)30)22-21-23(34-26(33-22)44(7,40)41)42-29(5,6)16-35(24(21)37)15-18-10-9-13-36(18)27(39)43-28(2,3)4/h11-12,14,18H,8-10,13,15-16H2,1-7H3,(H2,31,32,38). The van der Waals surface area contributed by atoms with Crippen molar-refractivity contribution in [2.45, 2.75) is 76.8 Å². The molecule has 0 radical (unpaired) electrons. The van der Waals surface area contributed by atoms with Crippen molar-refractivity contribution in [3.8, 4) is 17.1 Å². The minimum Gasteiger partial charge on any atom is -0.469 e. The predicted octanol–water partition coefficient (Wildman–Crippen LogP) is 3.84. The third-order valence-electron chi connectivity index (χ3n) is 6.90. The van der Waals surface area contributed by atoms with E-state index in [9.17, 15) is 22.8 Å². The molecule has 240 valence electrons. The van der Waals surface area contributed by atoms with E-state index in [0.29, 0.717) is 19.5 Å². The number of hydrogen-bond acceptors (Lipinski definition) is 9. The lowest BCUT2D eigenvalue weighted by Crippen LogP contribution is -2.50. The van der Waals surface area contributed by atoms with E-state index in [2.05, 4.69) is 20.6 Å². The van der Waals surface area contributed by atoms with Gasteiger partial charge in [0.25, 0.3) is 11.1 Å². The number of hydrogen-bond donors (Lipinski definition) is 2. The number of carbonyl (C=O) groups is 3. The molecule has 3 heterocycles. The Labute approximate surface area is 256 Å². The SMILES string of the molecule is CCNC(=O)Nc1ccc(-c2nc(S(C)(=O)=O)nc3c2C(=O)N(CC2CCCN2C(=O)OC(C)(C)C)CC(C)(C)O3)cc1F. The quantitative estimate of drug-likeness (QED) is 0.450. The molecule has 1 atom stereocenters. The summed E-state index contributed by atoms with van der Waals surface area (Å²) in [5, 5.41) is 4.30. The lowest BCUT2D eigenvalue weighted by molar-refractivity contribution is 0.0158. The van der Waals surface area contributed by atoms with Gasteiger partial charge in [-0.2, -0.15) is 4.98 Å². The molecule has 1 fully saturated rings. The van der Waals surface area contributed by atoms with Crippen molar-refractivity contribution >= 4 is 33.6 Å². The average molecular weight is 635 g/mol. The van der Waals surface area contributed by atoms with Gasteiger partial charge < -0.3 is 29.9 Å². The zero-order valence-electron chi connectivity index (χ0n) is 26.0. The number of nitrogens with zero attached hydrogens (tertiary/aromatic N) is 4. The van der Waals surface area contributed by atoms with Crippen molar-refractivity contribution in [3.05, 3.63) is 29.6 Å². The fourth-order valence-corrected chi connectivity index (χ4v) is 5.63. The van der Waals surface area contributed by atoms with Crippen LogP contribution in [0.3, 0.4) is 0 Å². The minimum absolute atomic E-state index is 0.0698. The Kier molecular flexibility index (Phi) is 9.10. The smallest absolute Gasteiger partial charge is 0.410 e. The second kappa shape index (κ2) is 12.2. The monoisotopic (exact) mass is 634 g/mol. The second-order valence-electron chi connectivity index (χ2n) is 12.5. The number of carbonyl (C=O) groups excluding carboxylic acids is 3. The fraction of sp³-hybridized carbons (Fsp3) is 0.552. The third-order valence-corrected chi connectivity index (χ3v) is 7.74. The van der Waals surface area contributed by atoms with Crippen molar-refractivity contribution in [1.29, 1.82) is 0 Å². The molecule has 1 unspecified atom stereocenters. The van der Waals surface area contributed by atoms with Crippen LogP contribution in [0.4, 0.5) is 19.7 Å². The van der Waals surface area contributed by atoms with E-state index in [4.69, 9.17) is 9.47 Å². The molecule has 2 aliphatic heterocycles. The van der Waals surface area contributed by atoms with Crippen LogP contribution in [0.2, 0.25) is 0 Å². The fourth-order valence-electron chi connectivity index (χ4n) is 5.12. The number of fused-ring (bicyclic) bond motifs is 1. The van der Waals surface area contributed by atoms with E-state index in [1.165, 1.54) is 17.0 Å². The summed E-state index contributed by atoms with van der Waals surface area (Å²) in [5.41, 5.74) is -2.07. The van der Waals surface area contributed by atoms with Crippen LogP contribution >= 0.6 is 0 Å². The summed E-state index contributed by atoms with van der Waals surface area (Å²) in [4.78, 5) is 50.6. The Balaban J connectivity index is 1.78. The summed E-state index contributed by atoms with van der Waals surface area (Å²) >= 11 is 0. The normalized spacial score (nSPS) is 18.3. The second-order valence-corrected chi connectivity index (χ2v) is 14.4. The number of rotatable bonds is 6. The van der Waals surface area contributed by atoms with Gasteiger partial charge in [-0.05, 0) is 66.5 Å². The van der Waals surface area contributed by atoms with E-state index in [0.717, 1.165) is 18.7 Å². The summed E-state index contributed by atoms with van der Waals surface area (Å²) in [7, 11) is -3.98. The zero-order valence-corrected chi connectivity index (χ0v) is 26.8. The van der Waals surface area contributed by atoms with E-state index >= 15 is 4.39 Å². The van der Waals surface area contributed by atoms with Crippen molar-refractivity contribution in [1.82, 2.24) is 25.1 Å². The van der Waals surface area contributed by atoms with Gasteiger partial charge in [0.05, 0.1) is 24.0 Å². The van der Waals surface area contributed by atoms with E-state index in [1.807, 2.05) is 0 Å². The molecule has 4 rings (SSSR count). The van der Waals surface area contributed by atoms with Gasteiger partial charge in [0.15, 0.2) is 0 Å². The Morgan fingerprint density at radius 3 is 2.55 bits per heavy atom. The number of sulfone groups is 1. The predicted molar refractivity (Wildman–Crippen MR) is 160 cm³/mol. The lowest BCUT2D eigenvalue weighted by Gasteiger charge is -2.34. The molecule has 15 heteroatoms. The summed E-state index contributed by atoms with van der Waals surface area (Å²) < 4.78 is 52.1. The van der Waals surface area contributed by atoms with Crippen LogP contribution in [0.25, 0.3) is 11.3 Å². The maximum Gasteiger partial charge on any atom is 0.410 e. The van der Waals surface area contributed by atoms with Crippen LogP contribution in [0.5, 0.6) is 5.88 Å². The van der Waals surface area contributed by atoms with Gasteiger partial charge >= 0.3 is 12.1 Å².